The lowest BCUT2D eigenvalue weighted by Crippen LogP contribution is -2.25. The summed E-state index contributed by atoms with van der Waals surface area (Å²) in [5.74, 6) is 0. The molecule has 1 rings (SSSR count). The van der Waals surface area contributed by atoms with Crippen LogP contribution in [0.3, 0.4) is 0 Å². The highest BCUT2D eigenvalue weighted by atomic mass is 19.4. The summed E-state index contributed by atoms with van der Waals surface area (Å²) >= 11 is 0. The molecule has 0 amide bonds. The van der Waals surface area contributed by atoms with Crippen LogP contribution in [-0.2, 0) is 0 Å². The van der Waals surface area contributed by atoms with Gasteiger partial charge in [-0.1, -0.05) is 37.3 Å². The molecule has 0 aliphatic heterocycles. The van der Waals surface area contributed by atoms with Crippen molar-refractivity contribution in [1.82, 2.24) is 5.32 Å². The Morgan fingerprint density at radius 1 is 1.19 bits per heavy atom. The van der Waals surface area contributed by atoms with Gasteiger partial charge in [0.25, 0.3) is 0 Å². The van der Waals surface area contributed by atoms with Crippen LogP contribution in [0.25, 0.3) is 0 Å². The third-order valence-electron chi connectivity index (χ3n) is 2.41. The molecule has 1 aromatic carbocycles. The van der Waals surface area contributed by atoms with Crippen LogP contribution in [-0.4, -0.2) is 12.7 Å². The molecule has 1 nitrogen and oxygen atoms in total. The van der Waals surface area contributed by atoms with Gasteiger partial charge < -0.3 is 5.32 Å². The first-order valence-electron chi connectivity index (χ1n) is 5.38. The normalized spacial score (nSPS) is 13.8. The topological polar surface area (TPSA) is 12.0 Å². The molecule has 0 aliphatic rings. The minimum atomic E-state index is -4.08. The predicted octanol–water partition coefficient (Wildman–Crippen LogP) is 3.68. The van der Waals surface area contributed by atoms with E-state index in [4.69, 9.17) is 0 Å². The van der Waals surface area contributed by atoms with Crippen LogP contribution in [0.2, 0.25) is 0 Å². The largest absolute Gasteiger partial charge is 0.390 e. The van der Waals surface area contributed by atoms with Crippen molar-refractivity contribution in [1.29, 1.82) is 0 Å². The smallest absolute Gasteiger partial charge is 0.310 e. The van der Waals surface area contributed by atoms with Gasteiger partial charge in [0.15, 0.2) is 0 Å². The Labute approximate surface area is 93.7 Å². The summed E-state index contributed by atoms with van der Waals surface area (Å²) in [4.78, 5) is 0. The van der Waals surface area contributed by atoms with Crippen molar-refractivity contribution in [3.8, 4) is 0 Å². The Morgan fingerprint density at radius 2 is 1.81 bits per heavy atom. The first kappa shape index (κ1) is 13.0. The fraction of sp³-hybridized carbons (Fsp3) is 0.500. The van der Waals surface area contributed by atoms with E-state index in [2.05, 4.69) is 5.32 Å². The van der Waals surface area contributed by atoms with Gasteiger partial charge in [0.05, 0.1) is 6.42 Å². The number of halogens is 3. The number of benzene rings is 1. The van der Waals surface area contributed by atoms with E-state index in [1.165, 1.54) is 0 Å². The lowest BCUT2D eigenvalue weighted by Gasteiger charge is -2.17. The fourth-order valence-corrected chi connectivity index (χ4v) is 1.57. The van der Waals surface area contributed by atoms with E-state index in [9.17, 15) is 13.2 Å². The van der Waals surface area contributed by atoms with Crippen molar-refractivity contribution in [2.75, 3.05) is 6.54 Å². The van der Waals surface area contributed by atoms with Gasteiger partial charge in [-0.3, -0.25) is 0 Å². The lowest BCUT2D eigenvalue weighted by molar-refractivity contribution is -0.133. The molecule has 1 unspecified atom stereocenters. The van der Waals surface area contributed by atoms with E-state index >= 15 is 0 Å². The Bertz CT molecular complexity index is 295. The maximum absolute atomic E-state index is 12.0. The van der Waals surface area contributed by atoms with Gasteiger partial charge >= 0.3 is 6.18 Å². The van der Waals surface area contributed by atoms with Crippen molar-refractivity contribution >= 4 is 0 Å². The third-order valence-corrected chi connectivity index (χ3v) is 2.41. The predicted molar refractivity (Wildman–Crippen MR) is 58.1 cm³/mol. The molecule has 0 bridgehead atoms. The van der Waals surface area contributed by atoms with Crippen LogP contribution in [0.4, 0.5) is 13.2 Å². The van der Waals surface area contributed by atoms with Crippen molar-refractivity contribution in [3.05, 3.63) is 35.9 Å². The van der Waals surface area contributed by atoms with E-state index in [0.717, 1.165) is 12.0 Å². The summed E-state index contributed by atoms with van der Waals surface area (Å²) in [7, 11) is 0. The zero-order valence-electron chi connectivity index (χ0n) is 9.22. The van der Waals surface area contributed by atoms with Crippen LogP contribution >= 0.6 is 0 Å². The van der Waals surface area contributed by atoms with Gasteiger partial charge in [-0.2, -0.15) is 13.2 Å². The van der Waals surface area contributed by atoms with Crippen LogP contribution < -0.4 is 5.32 Å². The average Bonchev–Trinajstić information content (AvgIpc) is 2.24. The number of hydrogen-bond donors (Lipinski definition) is 1. The molecule has 0 radical (unpaired) electrons. The van der Waals surface area contributed by atoms with Gasteiger partial charge in [-0.25, -0.2) is 0 Å². The van der Waals surface area contributed by atoms with Crippen LogP contribution in [0.1, 0.15) is 31.4 Å². The van der Waals surface area contributed by atoms with Crippen LogP contribution in [0.15, 0.2) is 30.3 Å². The summed E-state index contributed by atoms with van der Waals surface area (Å²) < 4.78 is 35.9. The van der Waals surface area contributed by atoms with Crippen LogP contribution in [0.5, 0.6) is 0 Å². The summed E-state index contributed by atoms with van der Waals surface area (Å²) in [5.41, 5.74) is 1.03. The molecular formula is C12H16F3N. The molecule has 0 saturated carbocycles. The van der Waals surface area contributed by atoms with Crippen molar-refractivity contribution < 1.29 is 13.2 Å². The summed E-state index contributed by atoms with van der Waals surface area (Å²) in [6.45, 7) is 1.93. The molecule has 16 heavy (non-hydrogen) atoms. The van der Waals surface area contributed by atoms with Gasteiger partial charge in [0.2, 0.25) is 0 Å². The second kappa shape index (κ2) is 5.89. The second-order valence-corrected chi connectivity index (χ2v) is 3.69. The molecule has 0 heterocycles. The quantitative estimate of drug-likeness (QED) is 0.815. The number of alkyl halides is 3. The Kier molecular flexibility index (Phi) is 4.80. The molecule has 1 N–H and O–H groups in total. The molecule has 0 aromatic heterocycles. The highest BCUT2D eigenvalue weighted by molar-refractivity contribution is 5.18. The maximum atomic E-state index is 12.0. The average molecular weight is 231 g/mol. The van der Waals surface area contributed by atoms with Gasteiger partial charge in [0, 0.05) is 12.6 Å². The van der Waals surface area contributed by atoms with Crippen molar-refractivity contribution in [3.63, 3.8) is 0 Å². The zero-order chi connectivity index (χ0) is 12.0. The van der Waals surface area contributed by atoms with E-state index < -0.39 is 12.6 Å². The second-order valence-electron chi connectivity index (χ2n) is 3.69. The Morgan fingerprint density at radius 3 is 2.31 bits per heavy atom. The van der Waals surface area contributed by atoms with Crippen LogP contribution in [0, 0.1) is 0 Å². The summed E-state index contributed by atoms with van der Waals surface area (Å²) in [6, 6.07) is 9.53. The number of nitrogens with one attached hydrogen (secondary N) is 1. The van der Waals surface area contributed by atoms with Gasteiger partial charge in [-0.05, 0) is 12.0 Å². The number of rotatable bonds is 5. The zero-order valence-corrected chi connectivity index (χ0v) is 9.22. The van der Waals surface area contributed by atoms with E-state index in [-0.39, 0.29) is 12.6 Å². The van der Waals surface area contributed by atoms with E-state index in [0.29, 0.717) is 0 Å². The standard InChI is InChI=1S/C12H16F3N/c1-2-11(10-6-4-3-5-7-10)16-9-8-12(13,14)15/h3-7,11,16H,2,8-9H2,1H3. The third kappa shape index (κ3) is 4.66. The number of hydrogen-bond acceptors (Lipinski definition) is 1. The summed E-state index contributed by atoms with van der Waals surface area (Å²) in [5, 5.41) is 2.92. The monoisotopic (exact) mass is 231 g/mol. The van der Waals surface area contributed by atoms with Crippen molar-refractivity contribution in [2.45, 2.75) is 32.0 Å². The minimum Gasteiger partial charge on any atom is -0.310 e. The minimum absolute atomic E-state index is 0.00329. The molecule has 0 saturated heterocycles. The first-order chi connectivity index (χ1) is 7.53. The molecule has 0 spiro atoms. The van der Waals surface area contributed by atoms with Gasteiger partial charge in [0.1, 0.15) is 0 Å². The van der Waals surface area contributed by atoms with E-state index in [1.54, 1.807) is 0 Å². The fourth-order valence-electron chi connectivity index (χ4n) is 1.57. The highest BCUT2D eigenvalue weighted by Crippen LogP contribution is 2.20. The molecule has 1 atom stereocenters. The maximum Gasteiger partial charge on any atom is 0.390 e. The molecule has 1 aromatic rings. The molecule has 0 aliphatic carbocycles. The van der Waals surface area contributed by atoms with Crippen molar-refractivity contribution in [2.24, 2.45) is 0 Å². The molecule has 0 fully saturated rings. The molecular weight excluding hydrogens is 215 g/mol. The highest BCUT2D eigenvalue weighted by Gasteiger charge is 2.26. The lowest BCUT2D eigenvalue weighted by atomic mass is 10.0. The SMILES string of the molecule is CCC(NCCC(F)(F)F)c1ccccc1. The Balaban J connectivity index is 2.45. The molecule has 4 heteroatoms. The molecule has 90 valence electrons. The summed E-state index contributed by atoms with van der Waals surface area (Å²) in [6.07, 6.45) is -4.08. The Hall–Kier alpha value is -1.03. The van der Waals surface area contributed by atoms with E-state index in [1.807, 2.05) is 37.3 Å². The van der Waals surface area contributed by atoms with Gasteiger partial charge in [-0.15, -0.1) is 0 Å². The first-order valence-corrected chi connectivity index (χ1v) is 5.38.